The van der Waals surface area contributed by atoms with Crippen LogP contribution in [0.15, 0.2) is 17.0 Å². The molecule has 0 saturated heterocycles. The summed E-state index contributed by atoms with van der Waals surface area (Å²) in [5.41, 5.74) is 5.53. The second kappa shape index (κ2) is 4.00. The second-order valence-corrected chi connectivity index (χ2v) is 5.85. The first-order valence-electron chi connectivity index (χ1n) is 3.78. The van der Waals surface area contributed by atoms with E-state index < -0.39 is 15.0 Å². The number of carbonyl (C=O) groups excluding carboxylic acids is 1. The quantitative estimate of drug-likeness (QED) is 0.829. The molecule has 0 aliphatic carbocycles. The third kappa shape index (κ3) is 2.62. The van der Waals surface area contributed by atoms with Crippen LogP contribution in [0.2, 0.25) is 5.02 Å². The molecular weight excluding hydrogens is 261 g/mol. The van der Waals surface area contributed by atoms with Crippen molar-refractivity contribution in [2.45, 2.75) is 11.8 Å². The van der Waals surface area contributed by atoms with Crippen molar-refractivity contribution in [3.05, 3.63) is 28.3 Å². The molecule has 7 heteroatoms. The smallest absolute Gasteiger partial charge is 0.261 e. The number of primary amides is 1. The highest BCUT2D eigenvalue weighted by atomic mass is 35.7. The molecule has 0 radical (unpaired) electrons. The summed E-state index contributed by atoms with van der Waals surface area (Å²) in [6.07, 6.45) is 0. The number of halogens is 2. The molecular formula is C8H7Cl2NO3S. The second-order valence-electron chi connectivity index (χ2n) is 2.88. The Kier molecular flexibility index (Phi) is 3.28. The lowest BCUT2D eigenvalue weighted by Gasteiger charge is -2.06. The van der Waals surface area contributed by atoms with Crippen molar-refractivity contribution in [2.75, 3.05) is 0 Å². The molecule has 2 N–H and O–H groups in total. The average Bonchev–Trinajstić information content (AvgIpc) is 2.06. The van der Waals surface area contributed by atoms with Gasteiger partial charge >= 0.3 is 0 Å². The van der Waals surface area contributed by atoms with Crippen LogP contribution in [0, 0.1) is 6.92 Å². The zero-order valence-electron chi connectivity index (χ0n) is 7.62. The zero-order valence-corrected chi connectivity index (χ0v) is 9.95. The molecule has 0 fully saturated rings. The van der Waals surface area contributed by atoms with Crippen LogP contribution in [0.25, 0.3) is 0 Å². The fraction of sp³-hybridized carbons (Fsp3) is 0.125. The molecule has 0 aliphatic heterocycles. The van der Waals surface area contributed by atoms with E-state index in [-0.39, 0.29) is 15.5 Å². The Morgan fingerprint density at radius 3 is 2.33 bits per heavy atom. The van der Waals surface area contributed by atoms with Gasteiger partial charge in [-0.15, -0.1) is 0 Å². The van der Waals surface area contributed by atoms with E-state index in [1.165, 1.54) is 6.07 Å². The normalized spacial score (nSPS) is 11.4. The van der Waals surface area contributed by atoms with Gasteiger partial charge in [-0.2, -0.15) is 0 Å². The molecule has 15 heavy (non-hydrogen) atoms. The van der Waals surface area contributed by atoms with E-state index in [1.807, 2.05) is 0 Å². The molecule has 1 rings (SSSR count). The van der Waals surface area contributed by atoms with Gasteiger partial charge in [0.25, 0.3) is 9.05 Å². The highest BCUT2D eigenvalue weighted by molar-refractivity contribution is 8.13. The van der Waals surface area contributed by atoms with Gasteiger partial charge in [-0.25, -0.2) is 8.42 Å². The van der Waals surface area contributed by atoms with E-state index in [2.05, 4.69) is 0 Å². The van der Waals surface area contributed by atoms with Gasteiger partial charge in [0, 0.05) is 21.3 Å². The molecule has 1 aromatic carbocycles. The van der Waals surface area contributed by atoms with Crippen LogP contribution in [0.1, 0.15) is 15.9 Å². The largest absolute Gasteiger partial charge is 0.366 e. The number of rotatable bonds is 2. The van der Waals surface area contributed by atoms with Crippen molar-refractivity contribution in [1.82, 2.24) is 0 Å². The minimum Gasteiger partial charge on any atom is -0.366 e. The SMILES string of the molecule is Cc1c(Cl)cc(S(=O)(=O)Cl)cc1C(N)=O. The zero-order chi connectivity index (χ0) is 11.8. The lowest BCUT2D eigenvalue weighted by molar-refractivity contribution is 0.0999. The number of nitrogens with two attached hydrogens (primary N) is 1. The maximum atomic E-state index is 11.0. The fourth-order valence-electron chi connectivity index (χ4n) is 1.05. The topological polar surface area (TPSA) is 77.2 Å². The number of amides is 1. The van der Waals surface area contributed by atoms with Crippen molar-refractivity contribution in [1.29, 1.82) is 0 Å². The molecule has 0 bridgehead atoms. The van der Waals surface area contributed by atoms with E-state index in [0.29, 0.717) is 5.56 Å². The van der Waals surface area contributed by atoms with Crippen LogP contribution in [-0.4, -0.2) is 14.3 Å². The van der Waals surface area contributed by atoms with Crippen LogP contribution in [0.5, 0.6) is 0 Å². The first-order chi connectivity index (χ1) is 6.73. The Morgan fingerprint density at radius 2 is 1.93 bits per heavy atom. The van der Waals surface area contributed by atoms with Crippen molar-refractivity contribution in [2.24, 2.45) is 5.73 Å². The molecule has 82 valence electrons. The number of hydrogen-bond donors (Lipinski definition) is 1. The monoisotopic (exact) mass is 267 g/mol. The Morgan fingerprint density at radius 1 is 1.40 bits per heavy atom. The molecule has 1 amide bonds. The first-order valence-corrected chi connectivity index (χ1v) is 6.47. The summed E-state index contributed by atoms with van der Waals surface area (Å²) in [5.74, 6) is -0.753. The van der Waals surface area contributed by atoms with Crippen molar-refractivity contribution < 1.29 is 13.2 Å². The molecule has 0 spiro atoms. The Balaban J connectivity index is 3.57. The molecule has 4 nitrogen and oxygen atoms in total. The molecule has 0 aromatic heterocycles. The first kappa shape index (κ1) is 12.3. The van der Waals surface area contributed by atoms with Gasteiger partial charge in [0.05, 0.1) is 4.90 Å². The number of hydrogen-bond acceptors (Lipinski definition) is 3. The minimum atomic E-state index is -3.92. The lowest BCUT2D eigenvalue weighted by Crippen LogP contribution is -2.13. The molecule has 0 heterocycles. The van der Waals surface area contributed by atoms with Crippen LogP contribution in [-0.2, 0) is 9.05 Å². The summed E-state index contributed by atoms with van der Waals surface area (Å²) in [7, 11) is 1.20. The highest BCUT2D eigenvalue weighted by Crippen LogP contribution is 2.25. The van der Waals surface area contributed by atoms with Crippen LogP contribution in [0.3, 0.4) is 0 Å². The summed E-state index contributed by atoms with van der Waals surface area (Å²) in [6.45, 7) is 1.56. The predicted molar refractivity (Wildman–Crippen MR) is 57.7 cm³/mol. The van der Waals surface area contributed by atoms with Crippen molar-refractivity contribution in [3.8, 4) is 0 Å². The van der Waals surface area contributed by atoms with Crippen LogP contribution >= 0.6 is 22.3 Å². The molecule has 0 aliphatic rings. The maximum Gasteiger partial charge on any atom is 0.261 e. The third-order valence-electron chi connectivity index (χ3n) is 1.86. The lowest BCUT2D eigenvalue weighted by atomic mass is 10.1. The Labute approximate surface area is 96.4 Å². The highest BCUT2D eigenvalue weighted by Gasteiger charge is 2.17. The van der Waals surface area contributed by atoms with E-state index in [1.54, 1.807) is 6.92 Å². The standard InChI is InChI=1S/C8H7Cl2NO3S/c1-4-6(8(11)12)2-5(3-7(4)9)15(10,13)14/h2-3H,1H3,(H2,11,12). The predicted octanol–water partition coefficient (Wildman–Crippen LogP) is 1.67. The van der Waals surface area contributed by atoms with Crippen molar-refractivity contribution in [3.63, 3.8) is 0 Å². The van der Waals surface area contributed by atoms with Crippen LogP contribution in [0.4, 0.5) is 0 Å². The fourth-order valence-corrected chi connectivity index (χ4v) is 2.12. The molecule has 0 saturated carbocycles. The molecule has 0 atom stereocenters. The van der Waals surface area contributed by atoms with Gasteiger partial charge in [-0.05, 0) is 24.6 Å². The summed E-state index contributed by atoms with van der Waals surface area (Å²) in [4.78, 5) is 10.7. The number of benzene rings is 1. The van der Waals surface area contributed by atoms with Gasteiger partial charge in [-0.3, -0.25) is 4.79 Å². The van der Waals surface area contributed by atoms with Crippen LogP contribution < -0.4 is 5.73 Å². The number of carbonyl (C=O) groups is 1. The Hall–Kier alpha value is -0.780. The van der Waals surface area contributed by atoms with Gasteiger partial charge < -0.3 is 5.73 Å². The van der Waals surface area contributed by atoms with E-state index >= 15 is 0 Å². The van der Waals surface area contributed by atoms with Crippen molar-refractivity contribution >= 4 is 37.2 Å². The minimum absolute atomic E-state index is 0.0433. The summed E-state index contributed by atoms with van der Waals surface area (Å²) >= 11 is 5.74. The summed E-state index contributed by atoms with van der Waals surface area (Å²) in [5, 5.41) is 0.130. The summed E-state index contributed by atoms with van der Waals surface area (Å²) in [6, 6.07) is 2.28. The molecule has 0 unspecified atom stereocenters. The Bertz CT molecular complexity index is 525. The summed E-state index contributed by atoms with van der Waals surface area (Å²) < 4.78 is 22.1. The third-order valence-corrected chi connectivity index (χ3v) is 3.59. The van der Waals surface area contributed by atoms with Gasteiger partial charge in [0.15, 0.2) is 0 Å². The van der Waals surface area contributed by atoms with Gasteiger partial charge in [0.2, 0.25) is 5.91 Å². The average molecular weight is 268 g/mol. The maximum absolute atomic E-state index is 11.0. The van der Waals surface area contributed by atoms with Gasteiger partial charge in [0.1, 0.15) is 0 Å². The van der Waals surface area contributed by atoms with Gasteiger partial charge in [-0.1, -0.05) is 11.6 Å². The van der Waals surface area contributed by atoms with E-state index in [4.69, 9.17) is 28.0 Å². The van der Waals surface area contributed by atoms with E-state index in [0.717, 1.165) is 6.07 Å². The van der Waals surface area contributed by atoms with E-state index in [9.17, 15) is 13.2 Å². The molecule has 1 aromatic rings.